The Balaban J connectivity index is 1.70. The molecule has 1 atom stereocenters. The number of rotatable bonds is 6. The molecule has 1 heterocycles. The SMILES string of the molecule is CC(=O)c1cccc(NC(=O)C(C)Sc2nnc(-c3ccc(C)cc3)n2C)c1. The number of benzene rings is 2. The van der Waals surface area contributed by atoms with Crippen LogP contribution in [0.5, 0.6) is 0 Å². The first-order valence-electron chi connectivity index (χ1n) is 8.90. The van der Waals surface area contributed by atoms with Crippen molar-refractivity contribution in [2.75, 3.05) is 5.32 Å². The highest BCUT2D eigenvalue weighted by molar-refractivity contribution is 8.00. The van der Waals surface area contributed by atoms with Crippen molar-refractivity contribution in [2.24, 2.45) is 7.05 Å². The van der Waals surface area contributed by atoms with Crippen molar-refractivity contribution < 1.29 is 9.59 Å². The van der Waals surface area contributed by atoms with Crippen molar-refractivity contribution >= 4 is 29.1 Å². The molecule has 2 aromatic carbocycles. The van der Waals surface area contributed by atoms with Crippen LogP contribution in [0.25, 0.3) is 11.4 Å². The first-order chi connectivity index (χ1) is 13.3. The molecule has 144 valence electrons. The van der Waals surface area contributed by atoms with Gasteiger partial charge in [0, 0.05) is 23.9 Å². The summed E-state index contributed by atoms with van der Waals surface area (Å²) in [4.78, 5) is 24.0. The number of aryl methyl sites for hydroxylation is 1. The number of amides is 1. The van der Waals surface area contributed by atoms with Gasteiger partial charge in [0.2, 0.25) is 5.91 Å². The van der Waals surface area contributed by atoms with E-state index in [0.717, 1.165) is 11.4 Å². The third-order valence-electron chi connectivity index (χ3n) is 4.33. The van der Waals surface area contributed by atoms with E-state index in [0.29, 0.717) is 16.4 Å². The number of hydrogen-bond donors (Lipinski definition) is 1. The zero-order valence-electron chi connectivity index (χ0n) is 16.3. The van der Waals surface area contributed by atoms with Gasteiger partial charge in [0.1, 0.15) is 0 Å². The number of Topliss-reactive ketones (excluding diaryl/α,β-unsaturated/α-hetero) is 1. The van der Waals surface area contributed by atoms with E-state index in [1.165, 1.54) is 24.2 Å². The molecule has 1 amide bonds. The summed E-state index contributed by atoms with van der Waals surface area (Å²) < 4.78 is 1.88. The number of nitrogens with zero attached hydrogens (tertiary/aromatic N) is 3. The molecular formula is C21H22N4O2S. The maximum atomic E-state index is 12.5. The molecule has 0 saturated carbocycles. The van der Waals surface area contributed by atoms with E-state index < -0.39 is 0 Å². The smallest absolute Gasteiger partial charge is 0.237 e. The van der Waals surface area contributed by atoms with E-state index in [-0.39, 0.29) is 16.9 Å². The normalized spacial score (nSPS) is 11.9. The van der Waals surface area contributed by atoms with Crippen LogP contribution in [-0.4, -0.2) is 31.7 Å². The molecule has 3 rings (SSSR count). The molecular weight excluding hydrogens is 372 g/mol. The fraction of sp³-hybridized carbons (Fsp3) is 0.238. The molecule has 0 aliphatic rings. The van der Waals surface area contributed by atoms with Crippen LogP contribution in [0.15, 0.2) is 53.7 Å². The molecule has 28 heavy (non-hydrogen) atoms. The molecule has 7 heteroatoms. The lowest BCUT2D eigenvalue weighted by Crippen LogP contribution is -2.23. The first kappa shape index (κ1) is 19.8. The minimum Gasteiger partial charge on any atom is -0.325 e. The summed E-state index contributed by atoms with van der Waals surface area (Å²) in [5, 5.41) is 11.6. The fourth-order valence-corrected chi connectivity index (χ4v) is 3.46. The Labute approximate surface area is 168 Å². The van der Waals surface area contributed by atoms with Crippen LogP contribution < -0.4 is 5.32 Å². The Bertz CT molecular complexity index is 1010. The molecule has 0 radical (unpaired) electrons. The van der Waals surface area contributed by atoms with Gasteiger partial charge in [-0.3, -0.25) is 9.59 Å². The molecule has 1 aromatic heterocycles. The maximum Gasteiger partial charge on any atom is 0.237 e. The van der Waals surface area contributed by atoms with Gasteiger partial charge in [-0.2, -0.15) is 0 Å². The van der Waals surface area contributed by atoms with E-state index in [4.69, 9.17) is 0 Å². The van der Waals surface area contributed by atoms with Gasteiger partial charge < -0.3 is 9.88 Å². The second-order valence-electron chi connectivity index (χ2n) is 6.62. The van der Waals surface area contributed by atoms with E-state index in [9.17, 15) is 9.59 Å². The first-order valence-corrected chi connectivity index (χ1v) is 9.78. The zero-order chi connectivity index (χ0) is 20.3. The average Bonchev–Trinajstić information content (AvgIpc) is 3.03. The number of anilines is 1. The number of thioether (sulfide) groups is 1. The molecule has 1 unspecified atom stereocenters. The van der Waals surface area contributed by atoms with Crippen LogP contribution in [0.1, 0.15) is 29.8 Å². The van der Waals surface area contributed by atoms with E-state index in [1.807, 2.05) is 49.7 Å². The molecule has 0 bridgehead atoms. The van der Waals surface area contributed by atoms with E-state index in [2.05, 4.69) is 15.5 Å². The number of carbonyl (C=O) groups is 2. The molecule has 1 N–H and O–H groups in total. The van der Waals surface area contributed by atoms with Crippen LogP contribution in [-0.2, 0) is 11.8 Å². The van der Waals surface area contributed by atoms with Crippen molar-refractivity contribution in [3.63, 3.8) is 0 Å². The van der Waals surface area contributed by atoms with Gasteiger partial charge in [0.05, 0.1) is 5.25 Å². The largest absolute Gasteiger partial charge is 0.325 e. The van der Waals surface area contributed by atoms with Crippen LogP contribution in [0, 0.1) is 6.92 Å². The summed E-state index contributed by atoms with van der Waals surface area (Å²) in [6, 6.07) is 15.0. The maximum absolute atomic E-state index is 12.5. The minimum atomic E-state index is -0.380. The summed E-state index contributed by atoms with van der Waals surface area (Å²) >= 11 is 1.34. The van der Waals surface area contributed by atoms with Crippen molar-refractivity contribution in [1.82, 2.24) is 14.8 Å². The Kier molecular flexibility index (Phi) is 5.94. The van der Waals surface area contributed by atoms with Gasteiger partial charge in [-0.15, -0.1) is 10.2 Å². The summed E-state index contributed by atoms with van der Waals surface area (Å²) in [6.07, 6.45) is 0. The highest BCUT2D eigenvalue weighted by Crippen LogP contribution is 2.26. The quantitative estimate of drug-likeness (QED) is 0.503. The molecule has 0 aliphatic carbocycles. The lowest BCUT2D eigenvalue weighted by Gasteiger charge is -2.12. The topological polar surface area (TPSA) is 76.9 Å². The van der Waals surface area contributed by atoms with Gasteiger partial charge in [0.15, 0.2) is 16.8 Å². The number of nitrogens with one attached hydrogen (secondary N) is 1. The van der Waals surface area contributed by atoms with Crippen molar-refractivity contribution in [3.8, 4) is 11.4 Å². The van der Waals surface area contributed by atoms with Crippen LogP contribution in [0.3, 0.4) is 0 Å². The van der Waals surface area contributed by atoms with E-state index in [1.54, 1.807) is 24.3 Å². The van der Waals surface area contributed by atoms with Crippen LogP contribution in [0.4, 0.5) is 5.69 Å². The Morgan fingerprint density at radius 2 is 1.82 bits per heavy atom. The summed E-state index contributed by atoms with van der Waals surface area (Å²) in [6.45, 7) is 5.35. The van der Waals surface area contributed by atoms with Gasteiger partial charge in [0.25, 0.3) is 0 Å². The van der Waals surface area contributed by atoms with Crippen molar-refractivity contribution in [1.29, 1.82) is 0 Å². The molecule has 0 aliphatic heterocycles. The van der Waals surface area contributed by atoms with Gasteiger partial charge in [-0.25, -0.2) is 0 Å². The second kappa shape index (κ2) is 8.39. The summed E-state index contributed by atoms with van der Waals surface area (Å²) in [7, 11) is 1.89. The molecule has 3 aromatic rings. The third-order valence-corrected chi connectivity index (χ3v) is 5.47. The van der Waals surface area contributed by atoms with Crippen molar-refractivity contribution in [2.45, 2.75) is 31.2 Å². The number of carbonyl (C=O) groups excluding carboxylic acids is 2. The third kappa shape index (κ3) is 4.48. The lowest BCUT2D eigenvalue weighted by molar-refractivity contribution is -0.115. The van der Waals surface area contributed by atoms with Gasteiger partial charge >= 0.3 is 0 Å². The number of hydrogen-bond acceptors (Lipinski definition) is 5. The highest BCUT2D eigenvalue weighted by atomic mass is 32.2. The molecule has 0 spiro atoms. The fourth-order valence-electron chi connectivity index (χ4n) is 2.64. The summed E-state index contributed by atoms with van der Waals surface area (Å²) in [5.41, 5.74) is 3.32. The minimum absolute atomic E-state index is 0.0405. The Morgan fingerprint density at radius 3 is 2.50 bits per heavy atom. The monoisotopic (exact) mass is 394 g/mol. The molecule has 0 saturated heterocycles. The average molecular weight is 395 g/mol. The summed E-state index contributed by atoms with van der Waals surface area (Å²) in [5.74, 6) is 0.552. The van der Waals surface area contributed by atoms with Crippen LogP contribution >= 0.6 is 11.8 Å². The van der Waals surface area contributed by atoms with Crippen LogP contribution in [0.2, 0.25) is 0 Å². The highest BCUT2D eigenvalue weighted by Gasteiger charge is 2.19. The number of ketones is 1. The Morgan fingerprint density at radius 1 is 1.11 bits per heavy atom. The van der Waals surface area contributed by atoms with Crippen molar-refractivity contribution in [3.05, 3.63) is 59.7 Å². The van der Waals surface area contributed by atoms with E-state index >= 15 is 0 Å². The molecule has 0 fully saturated rings. The number of aromatic nitrogens is 3. The Hall–Kier alpha value is -2.93. The molecule has 6 nitrogen and oxygen atoms in total. The standard InChI is InChI=1S/C21H22N4O2S/c1-13-8-10-16(11-9-13)19-23-24-21(25(19)4)28-15(3)20(27)22-18-7-5-6-17(12-18)14(2)26/h5-12,15H,1-4H3,(H,22,27). The second-order valence-corrected chi connectivity index (χ2v) is 7.93. The predicted molar refractivity (Wildman–Crippen MR) is 112 cm³/mol. The lowest BCUT2D eigenvalue weighted by atomic mass is 10.1. The predicted octanol–water partition coefficient (Wildman–Crippen LogP) is 4.11. The zero-order valence-corrected chi connectivity index (χ0v) is 17.1. The van der Waals surface area contributed by atoms with Gasteiger partial charge in [-0.05, 0) is 32.9 Å². The van der Waals surface area contributed by atoms with Gasteiger partial charge in [-0.1, -0.05) is 53.7 Å².